The maximum absolute atomic E-state index is 11.2. The van der Waals surface area contributed by atoms with Gasteiger partial charge in [-0.3, -0.25) is 4.79 Å². The van der Waals surface area contributed by atoms with E-state index in [2.05, 4.69) is 4.74 Å². The molecule has 0 saturated carbocycles. The molecule has 0 saturated heterocycles. The molecule has 0 aromatic heterocycles. The number of esters is 1. The number of methoxy groups -OCH3 is 1. The van der Waals surface area contributed by atoms with Crippen LogP contribution in [0, 0.1) is 0 Å². The third kappa shape index (κ3) is 3.22. The maximum Gasteiger partial charge on any atom is 0.322 e. The van der Waals surface area contributed by atoms with E-state index in [0.717, 1.165) is 17.7 Å². The third-order valence-corrected chi connectivity index (χ3v) is 3.25. The van der Waals surface area contributed by atoms with Gasteiger partial charge in [0.1, 0.15) is 11.6 Å². The molecule has 5 nitrogen and oxygen atoms in total. The molecule has 1 aliphatic heterocycles. The second-order valence-electron chi connectivity index (χ2n) is 5.55. The van der Waals surface area contributed by atoms with Crippen molar-refractivity contribution >= 4 is 5.97 Å². The summed E-state index contributed by atoms with van der Waals surface area (Å²) in [5.41, 5.74) is 6.60. The normalized spacial score (nSPS) is 17.0. The van der Waals surface area contributed by atoms with Gasteiger partial charge in [-0.15, -0.1) is 0 Å². The van der Waals surface area contributed by atoms with Crippen LogP contribution >= 0.6 is 0 Å². The predicted octanol–water partition coefficient (Wildman–Crippen LogP) is 1.67. The van der Waals surface area contributed by atoms with Gasteiger partial charge in [0.25, 0.3) is 0 Å². The molecule has 1 atom stereocenters. The molecule has 1 aromatic rings. The third-order valence-electron chi connectivity index (χ3n) is 3.25. The van der Waals surface area contributed by atoms with E-state index < -0.39 is 12.0 Å². The number of nitrogens with two attached hydrogens (primary N) is 1. The van der Waals surface area contributed by atoms with Crippen molar-refractivity contribution in [2.75, 3.05) is 13.7 Å². The molecule has 1 unspecified atom stereocenters. The van der Waals surface area contributed by atoms with Crippen LogP contribution in [0.15, 0.2) is 18.2 Å². The van der Waals surface area contributed by atoms with Crippen LogP contribution < -0.4 is 15.2 Å². The van der Waals surface area contributed by atoms with Crippen molar-refractivity contribution in [1.82, 2.24) is 0 Å². The van der Waals surface area contributed by atoms with E-state index in [9.17, 15) is 4.79 Å². The molecule has 0 amide bonds. The van der Waals surface area contributed by atoms with Crippen molar-refractivity contribution in [3.8, 4) is 11.5 Å². The van der Waals surface area contributed by atoms with Gasteiger partial charge in [0.2, 0.25) is 0 Å². The molecule has 0 aliphatic carbocycles. The van der Waals surface area contributed by atoms with Gasteiger partial charge < -0.3 is 19.9 Å². The van der Waals surface area contributed by atoms with Gasteiger partial charge in [0.15, 0.2) is 11.5 Å². The second kappa shape index (κ2) is 5.71. The quantitative estimate of drug-likeness (QED) is 0.830. The highest BCUT2D eigenvalue weighted by atomic mass is 16.5. The van der Waals surface area contributed by atoms with E-state index in [1.165, 1.54) is 7.11 Å². The average Bonchev–Trinajstić information content (AvgIpc) is 2.72. The van der Waals surface area contributed by atoms with Crippen molar-refractivity contribution < 1.29 is 19.0 Å². The first-order chi connectivity index (χ1) is 9.43. The summed E-state index contributed by atoms with van der Waals surface area (Å²) < 4.78 is 16.2. The average molecular weight is 279 g/mol. The molecule has 0 radical (unpaired) electrons. The first kappa shape index (κ1) is 14.7. The Morgan fingerprint density at radius 2 is 2.25 bits per heavy atom. The van der Waals surface area contributed by atoms with Gasteiger partial charge in [-0.25, -0.2) is 0 Å². The van der Waals surface area contributed by atoms with Gasteiger partial charge in [-0.05, 0) is 19.9 Å². The number of para-hydroxylation sites is 1. The van der Waals surface area contributed by atoms with Gasteiger partial charge >= 0.3 is 5.97 Å². The molecule has 2 rings (SSSR count). The van der Waals surface area contributed by atoms with Gasteiger partial charge in [-0.1, -0.05) is 12.1 Å². The summed E-state index contributed by atoms with van der Waals surface area (Å²) in [6.45, 7) is 4.43. The highest BCUT2D eigenvalue weighted by Crippen LogP contribution is 2.41. The van der Waals surface area contributed by atoms with Crippen LogP contribution in [0.3, 0.4) is 0 Å². The van der Waals surface area contributed by atoms with Crippen LogP contribution in [0.1, 0.15) is 25.8 Å². The van der Waals surface area contributed by atoms with E-state index in [-0.39, 0.29) is 5.60 Å². The molecule has 1 aromatic carbocycles. The van der Waals surface area contributed by atoms with E-state index in [1.807, 2.05) is 32.0 Å². The van der Waals surface area contributed by atoms with Gasteiger partial charge in [0, 0.05) is 18.4 Å². The fraction of sp³-hybridized carbons (Fsp3) is 0.533. The van der Waals surface area contributed by atoms with Crippen LogP contribution in [-0.4, -0.2) is 31.3 Å². The summed E-state index contributed by atoms with van der Waals surface area (Å²) in [5, 5.41) is 0. The van der Waals surface area contributed by atoms with E-state index in [1.54, 1.807) is 0 Å². The summed E-state index contributed by atoms with van der Waals surface area (Å²) in [7, 11) is 1.32. The van der Waals surface area contributed by atoms with Crippen molar-refractivity contribution in [2.24, 2.45) is 5.73 Å². The predicted molar refractivity (Wildman–Crippen MR) is 75.0 cm³/mol. The Bertz CT molecular complexity index is 499. The number of fused-ring (bicyclic) bond motifs is 1. The van der Waals surface area contributed by atoms with Crippen molar-refractivity contribution in [3.05, 3.63) is 23.8 Å². The Balaban J connectivity index is 1.96. The zero-order valence-electron chi connectivity index (χ0n) is 12.1. The van der Waals surface area contributed by atoms with E-state index >= 15 is 0 Å². The van der Waals surface area contributed by atoms with Crippen molar-refractivity contribution in [3.63, 3.8) is 0 Å². The Morgan fingerprint density at radius 3 is 2.95 bits per heavy atom. The van der Waals surface area contributed by atoms with Crippen LogP contribution in [-0.2, 0) is 16.0 Å². The first-order valence-corrected chi connectivity index (χ1v) is 6.70. The number of ether oxygens (including phenoxy) is 3. The summed E-state index contributed by atoms with van der Waals surface area (Å²) in [5.74, 6) is 1.07. The van der Waals surface area contributed by atoms with E-state index in [4.69, 9.17) is 15.2 Å². The zero-order valence-corrected chi connectivity index (χ0v) is 12.1. The minimum Gasteiger partial charge on any atom is -0.490 e. The maximum atomic E-state index is 11.2. The van der Waals surface area contributed by atoms with Crippen LogP contribution in [0.4, 0.5) is 0 Å². The summed E-state index contributed by atoms with van der Waals surface area (Å²) >= 11 is 0. The molecule has 0 fully saturated rings. The number of hydrogen-bond acceptors (Lipinski definition) is 5. The Hall–Kier alpha value is -1.75. The number of carbonyl (C=O) groups is 1. The first-order valence-electron chi connectivity index (χ1n) is 6.70. The molecule has 1 heterocycles. The lowest BCUT2D eigenvalue weighted by Crippen LogP contribution is -2.33. The fourth-order valence-electron chi connectivity index (χ4n) is 2.27. The Morgan fingerprint density at radius 1 is 1.50 bits per heavy atom. The number of rotatable bonds is 5. The summed E-state index contributed by atoms with van der Waals surface area (Å²) in [6.07, 6.45) is 1.26. The number of carbonyl (C=O) groups excluding carboxylic acids is 1. The smallest absolute Gasteiger partial charge is 0.322 e. The lowest BCUT2D eigenvalue weighted by atomic mass is 10.0. The fourth-order valence-corrected chi connectivity index (χ4v) is 2.27. The highest BCUT2D eigenvalue weighted by molar-refractivity contribution is 5.75. The second-order valence-corrected chi connectivity index (χ2v) is 5.55. The largest absolute Gasteiger partial charge is 0.490 e. The lowest BCUT2D eigenvalue weighted by Gasteiger charge is -2.18. The molecule has 110 valence electrons. The minimum absolute atomic E-state index is 0.204. The minimum atomic E-state index is -0.658. The van der Waals surface area contributed by atoms with Crippen molar-refractivity contribution in [2.45, 2.75) is 38.3 Å². The molecule has 2 N–H and O–H groups in total. The van der Waals surface area contributed by atoms with Gasteiger partial charge in [-0.2, -0.15) is 0 Å². The highest BCUT2D eigenvalue weighted by Gasteiger charge is 2.32. The van der Waals surface area contributed by atoms with Crippen molar-refractivity contribution in [1.29, 1.82) is 0 Å². The monoisotopic (exact) mass is 279 g/mol. The molecular formula is C15H21NO4. The molecule has 20 heavy (non-hydrogen) atoms. The molecule has 1 aliphatic rings. The standard InChI is InChI=1S/C15H21NO4/c1-15(2)9-10-5-4-6-12(13(10)20-15)19-8-7-11(16)14(17)18-3/h4-6,11H,7-9,16H2,1-3H3. The molecular weight excluding hydrogens is 258 g/mol. The Kier molecular flexibility index (Phi) is 4.18. The Labute approximate surface area is 119 Å². The number of benzene rings is 1. The summed E-state index contributed by atoms with van der Waals surface area (Å²) in [4.78, 5) is 11.2. The van der Waals surface area contributed by atoms with Gasteiger partial charge in [0.05, 0.1) is 13.7 Å². The van der Waals surface area contributed by atoms with Crippen LogP contribution in [0.2, 0.25) is 0 Å². The molecule has 0 bridgehead atoms. The molecule has 0 spiro atoms. The van der Waals surface area contributed by atoms with E-state index in [0.29, 0.717) is 18.8 Å². The molecule has 5 heteroatoms. The van der Waals surface area contributed by atoms with Crippen LogP contribution in [0.5, 0.6) is 11.5 Å². The number of hydrogen-bond donors (Lipinski definition) is 1. The SMILES string of the molecule is COC(=O)C(N)CCOc1cccc2c1OC(C)(C)C2. The lowest BCUT2D eigenvalue weighted by molar-refractivity contribution is -0.142. The van der Waals surface area contributed by atoms with Crippen LogP contribution in [0.25, 0.3) is 0 Å². The summed E-state index contributed by atoms with van der Waals surface area (Å²) in [6, 6.07) is 5.19. The zero-order chi connectivity index (χ0) is 14.8. The topological polar surface area (TPSA) is 70.8 Å².